The van der Waals surface area contributed by atoms with Crippen LogP contribution in [0.4, 0.5) is 0 Å². The molecule has 1 aliphatic heterocycles. The van der Waals surface area contributed by atoms with Gasteiger partial charge < -0.3 is 10.0 Å². The zero-order chi connectivity index (χ0) is 13.5. The summed E-state index contributed by atoms with van der Waals surface area (Å²) < 4.78 is 0. The number of likely N-dealkylation sites (tertiary alicyclic amines) is 1. The summed E-state index contributed by atoms with van der Waals surface area (Å²) in [4.78, 5) is 11.7. The second-order valence-electron chi connectivity index (χ2n) is 6.30. The van der Waals surface area contributed by atoms with E-state index in [0.717, 1.165) is 30.9 Å². The molecule has 0 aromatic carbocycles. The quantitative estimate of drug-likeness (QED) is 0.898. The average molecular weight is 261 g/mol. The van der Waals surface area contributed by atoms with Crippen LogP contribution in [0.15, 0.2) is 6.07 Å². The normalized spacial score (nSPS) is 26.4. The van der Waals surface area contributed by atoms with Gasteiger partial charge in [0.15, 0.2) is 0 Å². The van der Waals surface area contributed by atoms with Crippen molar-refractivity contribution in [2.45, 2.75) is 43.9 Å². The Labute approximate surface area is 114 Å². The molecule has 1 aromatic heterocycles. The fourth-order valence-electron chi connectivity index (χ4n) is 3.05. The summed E-state index contributed by atoms with van der Waals surface area (Å²) >= 11 is 0. The number of aliphatic hydroxyl groups excluding tert-OH is 1. The van der Waals surface area contributed by atoms with Gasteiger partial charge >= 0.3 is 0 Å². The van der Waals surface area contributed by atoms with Crippen LogP contribution in [0.25, 0.3) is 0 Å². The van der Waals surface area contributed by atoms with Gasteiger partial charge in [0.2, 0.25) is 0 Å². The minimum Gasteiger partial charge on any atom is -0.395 e. The van der Waals surface area contributed by atoms with Crippen LogP contribution in [0, 0.1) is 6.92 Å². The predicted molar refractivity (Wildman–Crippen MR) is 74.2 cm³/mol. The molecule has 4 heteroatoms. The van der Waals surface area contributed by atoms with Gasteiger partial charge in [0.05, 0.1) is 12.0 Å². The van der Waals surface area contributed by atoms with Gasteiger partial charge in [-0.15, -0.1) is 0 Å². The monoisotopic (exact) mass is 261 g/mol. The summed E-state index contributed by atoms with van der Waals surface area (Å²) in [5.41, 5.74) is 2.09. The predicted octanol–water partition coefficient (Wildman–Crippen LogP) is 1.62. The smallest absolute Gasteiger partial charge is 0.137 e. The van der Waals surface area contributed by atoms with E-state index in [-0.39, 0.29) is 12.0 Å². The molecule has 1 unspecified atom stereocenters. The minimum atomic E-state index is -0.124. The van der Waals surface area contributed by atoms with E-state index in [1.54, 1.807) is 0 Å². The van der Waals surface area contributed by atoms with E-state index >= 15 is 0 Å². The van der Waals surface area contributed by atoms with E-state index in [1.807, 2.05) is 6.92 Å². The summed E-state index contributed by atoms with van der Waals surface area (Å²) in [6, 6.07) is 2.13. The van der Waals surface area contributed by atoms with Crippen molar-refractivity contribution >= 4 is 0 Å². The Balaban J connectivity index is 1.89. The molecule has 0 radical (unpaired) electrons. The second kappa shape index (κ2) is 4.84. The van der Waals surface area contributed by atoms with Gasteiger partial charge in [0, 0.05) is 23.9 Å². The van der Waals surface area contributed by atoms with E-state index < -0.39 is 0 Å². The van der Waals surface area contributed by atoms with Crippen LogP contribution in [0.3, 0.4) is 0 Å². The zero-order valence-electron chi connectivity index (χ0n) is 11.9. The van der Waals surface area contributed by atoms with Crippen molar-refractivity contribution < 1.29 is 5.11 Å². The Kier molecular flexibility index (Phi) is 3.31. The largest absolute Gasteiger partial charge is 0.395 e. The molecule has 1 atom stereocenters. The molecule has 1 saturated heterocycles. The van der Waals surface area contributed by atoms with Crippen LogP contribution in [-0.4, -0.2) is 46.7 Å². The summed E-state index contributed by atoms with van der Waals surface area (Å²) in [6.45, 7) is 4.49. The first-order chi connectivity index (χ1) is 9.13. The second-order valence-corrected chi connectivity index (χ2v) is 6.30. The van der Waals surface area contributed by atoms with E-state index in [9.17, 15) is 5.11 Å². The minimum absolute atomic E-state index is 0.124. The molecule has 0 amide bonds. The first kappa shape index (κ1) is 13.0. The molecule has 1 aromatic rings. The number of rotatable bonds is 3. The van der Waals surface area contributed by atoms with E-state index in [2.05, 4.69) is 23.0 Å². The van der Waals surface area contributed by atoms with Crippen molar-refractivity contribution in [3.8, 4) is 0 Å². The lowest BCUT2D eigenvalue weighted by atomic mass is 9.94. The third kappa shape index (κ3) is 2.51. The molecule has 19 heavy (non-hydrogen) atoms. The highest BCUT2D eigenvalue weighted by molar-refractivity contribution is 5.24. The van der Waals surface area contributed by atoms with Gasteiger partial charge in [-0.25, -0.2) is 9.97 Å². The molecule has 1 N–H and O–H groups in total. The Morgan fingerprint density at radius 3 is 2.84 bits per heavy atom. The van der Waals surface area contributed by atoms with Gasteiger partial charge in [0.25, 0.3) is 0 Å². The molecule has 4 nitrogen and oxygen atoms in total. The molecule has 1 saturated carbocycles. The van der Waals surface area contributed by atoms with Crippen molar-refractivity contribution in [3.05, 3.63) is 23.3 Å². The lowest BCUT2D eigenvalue weighted by Crippen LogP contribution is -2.31. The molecule has 2 aliphatic rings. The van der Waals surface area contributed by atoms with Crippen LogP contribution in [0.1, 0.15) is 48.8 Å². The van der Waals surface area contributed by atoms with E-state index in [1.165, 1.54) is 25.1 Å². The van der Waals surface area contributed by atoms with Crippen molar-refractivity contribution in [2.24, 2.45) is 0 Å². The number of piperidine rings is 1. The van der Waals surface area contributed by atoms with Crippen LogP contribution >= 0.6 is 0 Å². The number of hydrogen-bond donors (Lipinski definition) is 1. The summed E-state index contributed by atoms with van der Waals surface area (Å²) in [7, 11) is 2.18. The number of aryl methyl sites for hydroxylation is 1. The Morgan fingerprint density at radius 1 is 1.42 bits per heavy atom. The van der Waals surface area contributed by atoms with Crippen LogP contribution < -0.4 is 0 Å². The molecule has 3 rings (SSSR count). The maximum Gasteiger partial charge on any atom is 0.137 e. The first-order valence-electron chi connectivity index (χ1n) is 7.28. The lowest BCUT2D eigenvalue weighted by molar-refractivity contribution is 0.242. The molecule has 0 spiro atoms. The molecule has 104 valence electrons. The third-order valence-electron chi connectivity index (χ3n) is 4.55. The summed E-state index contributed by atoms with van der Waals surface area (Å²) in [5, 5.41) is 9.56. The number of hydrogen-bond acceptors (Lipinski definition) is 4. The van der Waals surface area contributed by atoms with E-state index in [0.29, 0.717) is 5.92 Å². The summed E-state index contributed by atoms with van der Waals surface area (Å²) in [5.74, 6) is 1.40. The Morgan fingerprint density at radius 2 is 2.21 bits per heavy atom. The number of aliphatic hydroxyl groups is 1. The highest BCUT2D eigenvalue weighted by Gasteiger charge is 2.47. The number of aromatic nitrogens is 2. The van der Waals surface area contributed by atoms with Crippen LogP contribution in [-0.2, 0) is 5.41 Å². The molecule has 2 fully saturated rings. The van der Waals surface area contributed by atoms with Crippen LogP contribution in [0.5, 0.6) is 0 Å². The van der Waals surface area contributed by atoms with Crippen LogP contribution in [0.2, 0.25) is 0 Å². The third-order valence-corrected chi connectivity index (χ3v) is 4.55. The Hall–Kier alpha value is -1.00. The highest BCUT2D eigenvalue weighted by atomic mass is 16.3. The Bertz CT molecular complexity index is 470. The fourth-order valence-corrected chi connectivity index (χ4v) is 3.05. The van der Waals surface area contributed by atoms with Gasteiger partial charge in [-0.05, 0) is 52.3 Å². The topological polar surface area (TPSA) is 49.2 Å². The SMILES string of the molecule is Cc1cc(C2CCCN(C)C2)nc(C2(CO)CC2)n1. The summed E-state index contributed by atoms with van der Waals surface area (Å²) in [6.07, 6.45) is 4.50. The molecule has 0 bridgehead atoms. The number of nitrogens with zero attached hydrogens (tertiary/aromatic N) is 3. The van der Waals surface area contributed by atoms with Gasteiger partial charge in [0.1, 0.15) is 5.82 Å². The average Bonchev–Trinajstić information content (AvgIpc) is 3.19. The van der Waals surface area contributed by atoms with Crippen molar-refractivity contribution in [2.75, 3.05) is 26.7 Å². The maximum atomic E-state index is 9.56. The first-order valence-corrected chi connectivity index (χ1v) is 7.28. The molecular formula is C15H23N3O. The molecule has 2 heterocycles. The van der Waals surface area contributed by atoms with Gasteiger partial charge in [-0.1, -0.05) is 0 Å². The zero-order valence-corrected chi connectivity index (χ0v) is 11.9. The lowest BCUT2D eigenvalue weighted by Gasteiger charge is -2.29. The fraction of sp³-hybridized carbons (Fsp3) is 0.733. The van der Waals surface area contributed by atoms with Crippen molar-refractivity contribution in [3.63, 3.8) is 0 Å². The molecule has 1 aliphatic carbocycles. The van der Waals surface area contributed by atoms with Crippen molar-refractivity contribution in [1.82, 2.24) is 14.9 Å². The highest BCUT2D eigenvalue weighted by Crippen LogP contribution is 2.46. The molecular weight excluding hydrogens is 238 g/mol. The van der Waals surface area contributed by atoms with Crippen molar-refractivity contribution in [1.29, 1.82) is 0 Å². The maximum absolute atomic E-state index is 9.56. The number of likely N-dealkylation sites (N-methyl/N-ethyl adjacent to an activating group) is 1. The van der Waals surface area contributed by atoms with Gasteiger partial charge in [-0.2, -0.15) is 0 Å². The van der Waals surface area contributed by atoms with Gasteiger partial charge in [-0.3, -0.25) is 0 Å². The van der Waals surface area contributed by atoms with E-state index in [4.69, 9.17) is 4.98 Å². The standard InChI is InChI=1S/C15H23N3O/c1-11-8-13(12-4-3-7-18(2)9-12)17-14(16-11)15(10-19)5-6-15/h8,12,19H,3-7,9-10H2,1-2H3.